The highest BCUT2D eigenvalue weighted by molar-refractivity contribution is 5.91. The minimum atomic E-state index is -0.576. The summed E-state index contributed by atoms with van der Waals surface area (Å²) < 4.78 is 1.37. The zero-order chi connectivity index (χ0) is 15.1. The van der Waals surface area contributed by atoms with Crippen molar-refractivity contribution in [1.29, 1.82) is 0 Å². The maximum Gasteiger partial charge on any atom is 0.287 e. The van der Waals surface area contributed by atoms with Crippen LogP contribution in [0.1, 0.15) is 10.5 Å². The van der Waals surface area contributed by atoms with Crippen molar-refractivity contribution in [1.82, 2.24) is 25.3 Å². The molecule has 0 atom stereocenters. The molecule has 11 heteroatoms. The first-order chi connectivity index (χ1) is 9.42. The van der Waals surface area contributed by atoms with E-state index < -0.39 is 17.7 Å². The van der Waals surface area contributed by atoms with Crippen LogP contribution < -0.4 is 22.7 Å². The van der Waals surface area contributed by atoms with Crippen molar-refractivity contribution < 1.29 is 14.4 Å². The molecule has 0 bridgehead atoms. The Balaban J connectivity index is 2.57. The number of hydrogen-bond donors (Lipinski definition) is 4. The van der Waals surface area contributed by atoms with Gasteiger partial charge in [-0.2, -0.15) is 0 Å². The van der Waals surface area contributed by atoms with Gasteiger partial charge in [0.25, 0.3) is 5.91 Å². The Hall–Kier alpha value is -2.53. The first kappa shape index (κ1) is 15.5. The molecule has 0 saturated heterocycles. The van der Waals surface area contributed by atoms with Crippen molar-refractivity contribution in [3.63, 3.8) is 0 Å². The number of primary amides is 2. The lowest BCUT2D eigenvalue weighted by atomic mass is 10.4. The summed E-state index contributed by atoms with van der Waals surface area (Å²) in [7, 11) is 0. The van der Waals surface area contributed by atoms with Crippen LogP contribution in [-0.4, -0.2) is 57.2 Å². The Morgan fingerprint density at radius 1 is 1.25 bits per heavy atom. The zero-order valence-electron chi connectivity index (χ0n) is 10.7. The second-order valence-corrected chi connectivity index (χ2v) is 3.98. The highest BCUT2D eigenvalue weighted by Crippen LogP contribution is 1.95. The van der Waals surface area contributed by atoms with Crippen molar-refractivity contribution in [3.8, 4) is 0 Å². The van der Waals surface area contributed by atoms with Gasteiger partial charge in [0, 0.05) is 6.54 Å². The molecule has 0 spiro atoms. The molecule has 0 fully saturated rings. The average molecular weight is 284 g/mol. The molecule has 0 aliphatic carbocycles. The number of nitrogens with two attached hydrogens (primary N) is 3. The number of hydrazine groups is 1. The summed E-state index contributed by atoms with van der Waals surface area (Å²) >= 11 is 0. The number of carbonyl (C=O) groups is 3. The van der Waals surface area contributed by atoms with Gasteiger partial charge in [-0.3, -0.25) is 29.4 Å². The minimum Gasteiger partial charge on any atom is -0.369 e. The standard InChI is InChI=1S/C9H16N8O3/c10-7(18)4-16(5-8(11)19)1-2-17-3-6(14-15-17)9(20)13-12/h3H,1-2,4-5,12H2,(H2,10,18)(H2,11,19)(H,13,20). The van der Waals surface area contributed by atoms with E-state index in [0.717, 1.165) is 0 Å². The van der Waals surface area contributed by atoms with E-state index in [9.17, 15) is 14.4 Å². The molecule has 1 heterocycles. The Morgan fingerprint density at radius 2 is 1.85 bits per heavy atom. The molecule has 0 radical (unpaired) electrons. The molecule has 0 aromatic carbocycles. The summed E-state index contributed by atoms with van der Waals surface area (Å²) in [6, 6.07) is 0. The van der Waals surface area contributed by atoms with Gasteiger partial charge in [-0.15, -0.1) is 5.10 Å². The fraction of sp³-hybridized carbons (Fsp3) is 0.444. The third kappa shape index (κ3) is 4.99. The summed E-state index contributed by atoms with van der Waals surface area (Å²) in [6.07, 6.45) is 1.38. The van der Waals surface area contributed by atoms with Crippen LogP contribution in [0.3, 0.4) is 0 Å². The van der Waals surface area contributed by atoms with Crippen LogP contribution in [0.2, 0.25) is 0 Å². The monoisotopic (exact) mass is 284 g/mol. The summed E-state index contributed by atoms with van der Waals surface area (Å²) in [5.41, 5.74) is 12.1. The van der Waals surface area contributed by atoms with Gasteiger partial charge in [0.2, 0.25) is 11.8 Å². The first-order valence-electron chi connectivity index (χ1n) is 5.62. The SMILES string of the molecule is NNC(=O)c1cn(CCN(CC(N)=O)CC(N)=O)nn1. The van der Waals surface area contributed by atoms with Crippen LogP contribution >= 0.6 is 0 Å². The average Bonchev–Trinajstić information content (AvgIpc) is 2.82. The molecule has 1 rings (SSSR count). The number of aromatic nitrogens is 3. The molecule has 0 saturated carbocycles. The Morgan fingerprint density at radius 3 is 2.35 bits per heavy atom. The van der Waals surface area contributed by atoms with Gasteiger partial charge in [-0.05, 0) is 0 Å². The van der Waals surface area contributed by atoms with E-state index in [0.29, 0.717) is 13.1 Å². The van der Waals surface area contributed by atoms with Crippen LogP contribution in [0.15, 0.2) is 6.20 Å². The molecule has 1 aromatic rings. The second-order valence-electron chi connectivity index (χ2n) is 3.98. The summed E-state index contributed by atoms with van der Waals surface area (Å²) in [4.78, 5) is 34.4. The van der Waals surface area contributed by atoms with Gasteiger partial charge >= 0.3 is 0 Å². The number of amides is 3. The van der Waals surface area contributed by atoms with Gasteiger partial charge in [0.15, 0.2) is 5.69 Å². The van der Waals surface area contributed by atoms with E-state index in [1.807, 2.05) is 5.43 Å². The molecule has 0 aliphatic rings. The van der Waals surface area contributed by atoms with Gasteiger partial charge in [-0.25, -0.2) is 5.84 Å². The van der Waals surface area contributed by atoms with E-state index in [2.05, 4.69) is 10.3 Å². The van der Waals surface area contributed by atoms with E-state index in [1.165, 1.54) is 15.8 Å². The van der Waals surface area contributed by atoms with Crippen LogP contribution in [0, 0.1) is 0 Å². The normalized spacial score (nSPS) is 10.5. The van der Waals surface area contributed by atoms with E-state index in [-0.39, 0.29) is 18.8 Å². The fourth-order valence-electron chi connectivity index (χ4n) is 1.48. The molecule has 110 valence electrons. The van der Waals surface area contributed by atoms with Crippen LogP contribution in [0.5, 0.6) is 0 Å². The maximum atomic E-state index is 11.2. The van der Waals surface area contributed by atoms with Gasteiger partial charge in [0.05, 0.1) is 25.8 Å². The predicted octanol–water partition coefficient (Wildman–Crippen LogP) is -3.85. The summed E-state index contributed by atoms with van der Waals surface area (Å²) in [6.45, 7) is 0.381. The largest absolute Gasteiger partial charge is 0.369 e. The van der Waals surface area contributed by atoms with Crippen molar-refractivity contribution in [2.24, 2.45) is 17.3 Å². The first-order valence-corrected chi connectivity index (χ1v) is 5.62. The number of hydrogen-bond acceptors (Lipinski definition) is 7. The Labute approximate surface area is 114 Å². The van der Waals surface area contributed by atoms with E-state index in [1.54, 1.807) is 0 Å². The molecule has 20 heavy (non-hydrogen) atoms. The fourth-order valence-corrected chi connectivity index (χ4v) is 1.48. The van der Waals surface area contributed by atoms with E-state index >= 15 is 0 Å². The van der Waals surface area contributed by atoms with Crippen LogP contribution in [0.25, 0.3) is 0 Å². The molecule has 1 aromatic heterocycles. The lowest BCUT2D eigenvalue weighted by molar-refractivity contribution is -0.121. The van der Waals surface area contributed by atoms with Crippen LogP contribution in [-0.2, 0) is 16.1 Å². The molecule has 7 N–H and O–H groups in total. The Bertz CT molecular complexity index is 483. The Kier molecular flexibility index (Phi) is 5.56. The maximum absolute atomic E-state index is 11.2. The van der Waals surface area contributed by atoms with E-state index in [4.69, 9.17) is 17.3 Å². The van der Waals surface area contributed by atoms with Crippen molar-refractivity contribution in [2.45, 2.75) is 6.54 Å². The second kappa shape index (κ2) is 7.16. The third-order valence-electron chi connectivity index (χ3n) is 2.31. The van der Waals surface area contributed by atoms with Crippen molar-refractivity contribution in [2.75, 3.05) is 19.6 Å². The molecular formula is C9H16N8O3. The minimum absolute atomic E-state index is 0.0591. The number of nitrogens with zero attached hydrogens (tertiary/aromatic N) is 4. The highest BCUT2D eigenvalue weighted by Gasteiger charge is 2.13. The van der Waals surface area contributed by atoms with Gasteiger partial charge in [-0.1, -0.05) is 5.21 Å². The molecule has 3 amide bonds. The molecule has 0 aliphatic heterocycles. The van der Waals surface area contributed by atoms with Gasteiger partial charge < -0.3 is 11.5 Å². The molecule has 11 nitrogen and oxygen atoms in total. The topological polar surface area (TPSA) is 175 Å². The highest BCUT2D eigenvalue weighted by atomic mass is 16.2. The predicted molar refractivity (Wildman–Crippen MR) is 66.5 cm³/mol. The quantitative estimate of drug-likeness (QED) is 0.214. The number of nitrogen functional groups attached to an aromatic ring is 1. The smallest absolute Gasteiger partial charge is 0.287 e. The number of carbonyl (C=O) groups excluding carboxylic acids is 3. The zero-order valence-corrected chi connectivity index (χ0v) is 10.7. The number of nitrogens with one attached hydrogen (secondary N) is 1. The molecule has 0 unspecified atom stereocenters. The van der Waals surface area contributed by atoms with Crippen molar-refractivity contribution >= 4 is 17.7 Å². The van der Waals surface area contributed by atoms with Gasteiger partial charge in [0.1, 0.15) is 0 Å². The molecular weight excluding hydrogens is 268 g/mol. The summed E-state index contributed by atoms with van der Waals surface area (Å²) in [5.74, 6) is 3.24. The summed E-state index contributed by atoms with van der Waals surface area (Å²) in [5, 5.41) is 7.31. The lowest BCUT2D eigenvalue weighted by Crippen LogP contribution is -2.41. The van der Waals surface area contributed by atoms with Crippen LogP contribution in [0.4, 0.5) is 0 Å². The number of rotatable bonds is 8. The third-order valence-corrected chi connectivity index (χ3v) is 2.31. The lowest BCUT2D eigenvalue weighted by Gasteiger charge is -2.18. The van der Waals surface area contributed by atoms with Crippen molar-refractivity contribution in [3.05, 3.63) is 11.9 Å².